The lowest BCUT2D eigenvalue weighted by Crippen LogP contribution is -2.42. The second-order valence-corrected chi connectivity index (χ2v) is 6.13. The molecule has 2 aromatic rings. The van der Waals surface area contributed by atoms with Gasteiger partial charge in [-0.2, -0.15) is 5.26 Å². The molecule has 1 aromatic heterocycles. The van der Waals surface area contributed by atoms with E-state index in [-0.39, 0.29) is 11.8 Å². The zero-order chi connectivity index (χ0) is 16.4. The summed E-state index contributed by atoms with van der Waals surface area (Å²) in [4.78, 5) is 18.4. The zero-order valence-electron chi connectivity index (χ0n) is 12.8. The molecule has 2 heterocycles. The highest BCUT2D eigenvalue weighted by atomic mass is 35.5. The maximum absolute atomic E-state index is 12.0. The molecule has 1 atom stereocenters. The molecule has 0 aliphatic carbocycles. The van der Waals surface area contributed by atoms with Crippen molar-refractivity contribution in [3.8, 4) is 6.07 Å². The number of anilines is 1. The number of piperidine rings is 1. The van der Waals surface area contributed by atoms with Gasteiger partial charge in [-0.15, -0.1) is 0 Å². The van der Waals surface area contributed by atoms with Crippen LogP contribution >= 0.6 is 11.6 Å². The lowest BCUT2D eigenvalue weighted by molar-refractivity contribution is -0.124. The Kier molecular flexibility index (Phi) is 4.35. The van der Waals surface area contributed by atoms with Gasteiger partial charge in [0.1, 0.15) is 6.07 Å². The molecular formula is C17H17ClN4O. The average Bonchev–Trinajstić information content (AvgIpc) is 2.59. The quantitative estimate of drug-likeness (QED) is 0.920. The summed E-state index contributed by atoms with van der Waals surface area (Å²) in [5.41, 5.74) is 2.14. The molecule has 1 amide bonds. The Morgan fingerprint density at radius 3 is 3.09 bits per heavy atom. The number of carbonyl (C=O) groups is 1. The molecule has 1 saturated heterocycles. The highest BCUT2D eigenvalue weighted by Gasteiger charge is 2.27. The predicted octanol–water partition coefficient (Wildman–Crippen LogP) is 2.72. The molecule has 1 aliphatic rings. The number of carbonyl (C=O) groups excluding carboxylic acids is 1. The standard InChI is InChI=1S/C17H17ClN4O/c1-20-17(23)11-3-2-6-22(10-11)16-12(8-19)9-21-15-5-4-13(18)7-14(15)16/h4-5,7,9,11H,2-3,6,10H2,1H3,(H,20,23). The van der Waals surface area contributed by atoms with E-state index in [2.05, 4.69) is 21.3 Å². The Hall–Kier alpha value is -2.32. The third kappa shape index (κ3) is 2.95. The normalized spacial score (nSPS) is 17.8. The summed E-state index contributed by atoms with van der Waals surface area (Å²) in [5.74, 6) is -0.0210. The van der Waals surface area contributed by atoms with E-state index in [9.17, 15) is 10.1 Å². The molecule has 0 spiro atoms. The van der Waals surface area contributed by atoms with Crippen LogP contribution in [0.5, 0.6) is 0 Å². The van der Waals surface area contributed by atoms with Gasteiger partial charge in [-0.25, -0.2) is 0 Å². The average molecular weight is 329 g/mol. The topological polar surface area (TPSA) is 69.0 Å². The first kappa shape index (κ1) is 15.6. The Morgan fingerprint density at radius 2 is 2.35 bits per heavy atom. The summed E-state index contributed by atoms with van der Waals surface area (Å²) in [6.45, 7) is 1.41. The number of pyridine rings is 1. The van der Waals surface area contributed by atoms with Gasteiger partial charge in [-0.3, -0.25) is 9.78 Å². The van der Waals surface area contributed by atoms with Crippen molar-refractivity contribution >= 4 is 34.1 Å². The Labute approximate surface area is 139 Å². The number of amides is 1. The van der Waals surface area contributed by atoms with Crippen LogP contribution < -0.4 is 10.2 Å². The number of fused-ring (bicyclic) bond motifs is 1. The second kappa shape index (κ2) is 6.43. The predicted molar refractivity (Wildman–Crippen MR) is 90.5 cm³/mol. The molecule has 23 heavy (non-hydrogen) atoms. The van der Waals surface area contributed by atoms with Crippen molar-refractivity contribution in [2.75, 3.05) is 25.0 Å². The molecule has 1 aliphatic heterocycles. The van der Waals surface area contributed by atoms with Crippen molar-refractivity contribution in [1.29, 1.82) is 5.26 Å². The first-order chi connectivity index (χ1) is 11.1. The summed E-state index contributed by atoms with van der Waals surface area (Å²) < 4.78 is 0. The summed E-state index contributed by atoms with van der Waals surface area (Å²) in [6, 6.07) is 7.69. The van der Waals surface area contributed by atoms with Crippen LogP contribution in [0.2, 0.25) is 5.02 Å². The number of rotatable bonds is 2. The number of hydrogen-bond donors (Lipinski definition) is 1. The van der Waals surface area contributed by atoms with Crippen molar-refractivity contribution in [1.82, 2.24) is 10.3 Å². The minimum absolute atomic E-state index is 0.0459. The molecule has 3 rings (SSSR count). The van der Waals surface area contributed by atoms with Gasteiger partial charge in [0, 0.05) is 36.7 Å². The number of aromatic nitrogens is 1. The van der Waals surface area contributed by atoms with E-state index in [0.29, 0.717) is 17.1 Å². The zero-order valence-corrected chi connectivity index (χ0v) is 13.6. The first-order valence-electron chi connectivity index (χ1n) is 7.59. The first-order valence-corrected chi connectivity index (χ1v) is 7.96. The lowest BCUT2D eigenvalue weighted by Gasteiger charge is -2.34. The summed E-state index contributed by atoms with van der Waals surface area (Å²) in [6.07, 6.45) is 3.37. The lowest BCUT2D eigenvalue weighted by atomic mass is 9.95. The van der Waals surface area contributed by atoms with Gasteiger partial charge < -0.3 is 10.2 Å². The molecule has 1 N–H and O–H groups in total. The van der Waals surface area contributed by atoms with Gasteiger partial charge in [0.2, 0.25) is 5.91 Å². The molecule has 6 heteroatoms. The molecule has 1 aromatic carbocycles. The van der Waals surface area contributed by atoms with Crippen LogP contribution in [0.15, 0.2) is 24.4 Å². The number of nitriles is 1. The maximum atomic E-state index is 12.0. The fourth-order valence-corrected chi connectivity index (χ4v) is 3.34. The van der Waals surface area contributed by atoms with E-state index in [0.717, 1.165) is 36.0 Å². The highest BCUT2D eigenvalue weighted by Crippen LogP contribution is 2.33. The minimum Gasteiger partial charge on any atom is -0.369 e. The number of benzene rings is 1. The number of nitrogens with zero attached hydrogens (tertiary/aromatic N) is 3. The largest absolute Gasteiger partial charge is 0.369 e. The molecule has 5 nitrogen and oxygen atoms in total. The van der Waals surface area contributed by atoms with Crippen molar-refractivity contribution in [3.63, 3.8) is 0 Å². The van der Waals surface area contributed by atoms with Gasteiger partial charge in [0.25, 0.3) is 0 Å². The molecule has 0 saturated carbocycles. The SMILES string of the molecule is CNC(=O)C1CCCN(c2c(C#N)cnc3ccc(Cl)cc23)C1. The van der Waals surface area contributed by atoms with Crippen molar-refractivity contribution in [3.05, 3.63) is 35.0 Å². The van der Waals surface area contributed by atoms with Crippen LogP contribution in [-0.4, -0.2) is 31.0 Å². The monoisotopic (exact) mass is 328 g/mol. The molecule has 0 bridgehead atoms. The minimum atomic E-state index is -0.0670. The van der Waals surface area contributed by atoms with Crippen molar-refractivity contribution in [2.45, 2.75) is 12.8 Å². The van der Waals surface area contributed by atoms with E-state index in [1.165, 1.54) is 0 Å². The Morgan fingerprint density at radius 1 is 1.52 bits per heavy atom. The van der Waals surface area contributed by atoms with Gasteiger partial charge >= 0.3 is 0 Å². The fourth-order valence-electron chi connectivity index (χ4n) is 3.17. The van der Waals surface area contributed by atoms with Crippen molar-refractivity contribution < 1.29 is 4.79 Å². The highest BCUT2D eigenvalue weighted by molar-refractivity contribution is 6.31. The third-order valence-corrected chi connectivity index (χ3v) is 4.51. The van der Waals surface area contributed by atoms with Crippen LogP contribution in [0.4, 0.5) is 5.69 Å². The van der Waals surface area contributed by atoms with Crippen molar-refractivity contribution in [2.24, 2.45) is 5.92 Å². The molecular weight excluding hydrogens is 312 g/mol. The van der Waals surface area contributed by atoms with Gasteiger partial charge in [0.05, 0.1) is 22.7 Å². The van der Waals surface area contributed by atoms with E-state index in [4.69, 9.17) is 11.6 Å². The van der Waals surface area contributed by atoms with E-state index in [1.54, 1.807) is 19.3 Å². The molecule has 118 valence electrons. The van der Waals surface area contributed by atoms with Gasteiger partial charge in [0.15, 0.2) is 0 Å². The van der Waals surface area contributed by atoms with Crippen LogP contribution in [-0.2, 0) is 4.79 Å². The summed E-state index contributed by atoms with van der Waals surface area (Å²) in [7, 11) is 1.66. The van der Waals surface area contributed by atoms with Gasteiger partial charge in [-0.05, 0) is 31.0 Å². The Bertz CT molecular complexity index is 799. The number of nitrogens with one attached hydrogen (secondary N) is 1. The van der Waals surface area contributed by atoms with Crippen LogP contribution in [0.1, 0.15) is 18.4 Å². The Balaban J connectivity index is 2.09. The van der Waals surface area contributed by atoms with E-state index >= 15 is 0 Å². The van der Waals surface area contributed by atoms with E-state index in [1.807, 2.05) is 12.1 Å². The fraction of sp³-hybridized carbons (Fsp3) is 0.353. The third-order valence-electron chi connectivity index (χ3n) is 4.28. The smallest absolute Gasteiger partial charge is 0.224 e. The summed E-state index contributed by atoms with van der Waals surface area (Å²) in [5, 5.41) is 13.7. The van der Waals surface area contributed by atoms with Crippen LogP contribution in [0.3, 0.4) is 0 Å². The van der Waals surface area contributed by atoms with Crippen LogP contribution in [0.25, 0.3) is 10.9 Å². The molecule has 1 fully saturated rings. The van der Waals surface area contributed by atoms with Crippen LogP contribution in [0, 0.1) is 17.2 Å². The molecule has 1 unspecified atom stereocenters. The summed E-state index contributed by atoms with van der Waals surface area (Å²) >= 11 is 6.13. The number of halogens is 1. The van der Waals surface area contributed by atoms with E-state index < -0.39 is 0 Å². The second-order valence-electron chi connectivity index (χ2n) is 5.69. The van der Waals surface area contributed by atoms with Gasteiger partial charge in [-0.1, -0.05) is 11.6 Å². The molecule has 0 radical (unpaired) electrons. The number of hydrogen-bond acceptors (Lipinski definition) is 4. The maximum Gasteiger partial charge on any atom is 0.224 e.